The van der Waals surface area contributed by atoms with E-state index in [-0.39, 0.29) is 11.9 Å². The summed E-state index contributed by atoms with van der Waals surface area (Å²) in [6.45, 7) is 4.42. The minimum Gasteiger partial charge on any atom is -0.309 e. The van der Waals surface area contributed by atoms with Gasteiger partial charge in [-0.15, -0.1) is 0 Å². The van der Waals surface area contributed by atoms with Crippen LogP contribution in [-0.4, -0.2) is 38.7 Å². The van der Waals surface area contributed by atoms with Gasteiger partial charge in [0, 0.05) is 19.8 Å². The van der Waals surface area contributed by atoms with Gasteiger partial charge in [0.1, 0.15) is 5.54 Å². The molecular formula is C13H20N4O2. The molecule has 1 aromatic heterocycles. The summed E-state index contributed by atoms with van der Waals surface area (Å²) >= 11 is 0. The number of urea groups is 1. The Bertz CT molecular complexity index is 491. The molecule has 0 bridgehead atoms. The second-order valence-corrected chi connectivity index (χ2v) is 4.92. The number of imide groups is 1. The molecule has 0 saturated carbocycles. The average Bonchev–Trinajstić information content (AvgIpc) is 2.89. The van der Waals surface area contributed by atoms with Gasteiger partial charge in [0.05, 0.1) is 6.20 Å². The standard InChI is InChI=1S/C13H20N4O2/c1-4-13(5-2)11(18)15-12(19)17(13)7-6-10-8-14-16(3)9-10/h8-9H,4-7H2,1-3H3,(H,15,18,19). The lowest BCUT2D eigenvalue weighted by atomic mass is 9.91. The number of hydrogen-bond acceptors (Lipinski definition) is 3. The third-order valence-electron chi connectivity index (χ3n) is 3.96. The Morgan fingerprint density at radius 2 is 2.00 bits per heavy atom. The summed E-state index contributed by atoms with van der Waals surface area (Å²) < 4.78 is 1.73. The first-order valence-electron chi connectivity index (χ1n) is 6.64. The molecule has 104 valence electrons. The van der Waals surface area contributed by atoms with Crippen LogP contribution in [0, 0.1) is 0 Å². The number of rotatable bonds is 5. The van der Waals surface area contributed by atoms with E-state index in [2.05, 4.69) is 10.4 Å². The Balaban J connectivity index is 2.12. The van der Waals surface area contributed by atoms with Crippen molar-refractivity contribution in [2.75, 3.05) is 6.54 Å². The van der Waals surface area contributed by atoms with Gasteiger partial charge in [-0.1, -0.05) is 13.8 Å². The Labute approximate surface area is 112 Å². The van der Waals surface area contributed by atoms with Gasteiger partial charge in [0.15, 0.2) is 0 Å². The molecule has 2 heterocycles. The molecule has 19 heavy (non-hydrogen) atoms. The molecule has 1 aliphatic rings. The zero-order valence-corrected chi connectivity index (χ0v) is 11.6. The molecule has 2 rings (SSSR count). The number of amides is 3. The lowest BCUT2D eigenvalue weighted by Crippen LogP contribution is -2.49. The molecule has 0 spiro atoms. The predicted molar refractivity (Wildman–Crippen MR) is 70.5 cm³/mol. The van der Waals surface area contributed by atoms with Gasteiger partial charge in [-0.2, -0.15) is 5.10 Å². The maximum atomic E-state index is 12.0. The Hall–Kier alpha value is -1.85. The van der Waals surface area contributed by atoms with Crippen molar-refractivity contribution >= 4 is 11.9 Å². The van der Waals surface area contributed by atoms with E-state index in [9.17, 15) is 9.59 Å². The van der Waals surface area contributed by atoms with E-state index in [0.717, 1.165) is 5.56 Å². The van der Waals surface area contributed by atoms with Crippen molar-refractivity contribution in [3.05, 3.63) is 18.0 Å². The van der Waals surface area contributed by atoms with Crippen LogP contribution in [0.4, 0.5) is 4.79 Å². The van der Waals surface area contributed by atoms with Crippen LogP contribution in [-0.2, 0) is 18.3 Å². The highest BCUT2D eigenvalue weighted by atomic mass is 16.2. The normalized spacial score (nSPS) is 17.9. The molecule has 1 N–H and O–H groups in total. The van der Waals surface area contributed by atoms with Crippen molar-refractivity contribution in [3.63, 3.8) is 0 Å². The molecule has 1 aliphatic heterocycles. The Kier molecular flexibility index (Phi) is 3.59. The molecule has 1 fully saturated rings. The van der Waals surface area contributed by atoms with Gasteiger partial charge in [-0.3, -0.25) is 14.8 Å². The number of aromatic nitrogens is 2. The summed E-state index contributed by atoms with van der Waals surface area (Å²) in [5.41, 5.74) is 0.384. The molecule has 1 saturated heterocycles. The van der Waals surface area contributed by atoms with E-state index in [1.165, 1.54) is 0 Å². The molecular weight excluding hydrogens is 244 g/mol. The Morgan fingerprint density at radius 3 is 2.53 bits per heavy atom. The van der Waals surface area contributed by atoms with Crippen molar-refractivity contribution in [1.82, 2.24) is 20.0 Å². The van der Waals surface area contributed by atoms with Crippen LogP contribution in [0.5, 0.6) is 0 Å². The average molecular weight is 264 g/mol. The molecule has 0 radical (unpaired) electrons. The fourth-order valence-electron chi connectivity index (χ4n) is 2.71. The molecule has 6 nitrogen and oxygen atoms in total. The van der Waals surface area contributed by atoms with Gasteiger partial charge >= 0.3 is 6.03 Å². The Morgan fingerprint density at radius 1 is 1.32 bits per heavy atom. The number of nitrogens with one attached hydrogen (secondary N) is 1. The molecule has 0 aliphatic carbocycles. The highest BCUT2D eigenvalue weighted by Crippen LogP contribution is 2.29. The van der Waals surface area contributed by atoms with Crippen LogP contribution in [0.15, 0.2) is 12.4 Å². The molecule has 3 amide bonds. The van der Waals surface area contributed by atoms with Crippen LogP contribution in [0.2, 0.25) is 0 Å². The van der Waals surface area contributed by atoms with Crippen molar-refractivity contribution in [3.8, 4) is 0 Å². The molecule has 0 aromatic carbocycles. The third kappa shape index (κ3) is 2.22. The lowest BCUT2D eigenvalue weighted by molar-refractivity contribution is -0.127. The van der Waals surface area contributed by atoms with Crippen LogP contribution >= 0.6 is 0 Å². The smallest absolute Gasteiger partial charge is 0.309 e. The largest absolute Gasteiger partial charge is 0.325 e. The van der Waals surface area contributed by atoms with Gasteiger partial charge in [-0.05, 0) is 24.8 Å². The summed E-state index contributed by atoms with van der Waals surface area (Å²) in [7, 11) is 1.86. The number of nitrogens with zero attached hydrogens (tertiary/aromatic N) is 3. The SMILES string of the molecule is CCC1(CC)C(=O)NC(=O)N1CCc1cnn(C)c1. The van der Waals surface area contributed by atoms with Gasteiger partial charge in [-0.25, -0.2) is 4.79 Å². The third-order valence-corrected chi connectivity index (χ3v) is 3.96. The quantitative estimate of drug-likeness (QED) is 0.809. The molecule has 6 heteroatoms. The minimum absolute atomic E-state index is 0.173. The number of aryl methyl sites for hydroxylation is 1. The molecule has 0 atom stereocenters. The minimum atomic E-state index is -0.681. The second-order valence-electron chi connectivity index (χ2n) is 4.92. The van der Waals surface area contributed by atoms with Crippen LogP contribution in [0.3, 0.4) is 0 Å². The monoisotopic (exact) mass is 264 g/mol. The fourth-order valence-corrected chi connectivity index (χ4v) is 2.71. The summed E-state index contributed by atoms with van der Waals surface area (Å²) in [4.78, 5) is 25.6. The lowest BCUT2D eigenvalue weighted by Gasteiger charge is -2.33. The maximum Gasteiger partial charge on any atom is 0.325 e. The topological polar surface area (TPSA) is 67.2 Å². The van der Waals surface area contributed by atoms with E-state index in [0.29, 0.717) is 25.8 Å². The highest BCUT2D eigenvalue weighted by molar-refractivity contribution is 6.06. The maximum absolute atomic E-state index is 12.0. The summed E-state index contributed by atoms with van der Waals surface area (Å²) in [5.74, 6) is -0.173. The van der Waals surface area contributed by atoms with E-state index in [1.54, 1.807) is 15.8 Å². The van der Waals surface area contributed by atoms with Crippen molar-refractivity contribution in [2.24, 2.45) is 7.05 Å². The van der Waals surface area contributed by atoms with Crippen LogP contribution < -0.4 is 5.32 Å². The first-order chi connectivity index (χ1) is 9.03. The first-order valence-corrected chi connectivity index (χ1v) is 6.64. The number of carbonyl (C=O) groups is 2. The van der Waals surface area contributed by atoms with Crippen molar-refractivity contribution in [2.45, 2.75) is 38.6 Å². The van der Waals surface area contributed by atoms with Crippen LogP contribution in [0.25, 0.3) is 0 Å². The van der Waals surface area contributed by atoms with Gasteiger partial charge in [0.2, 0.25) is 0 Å². The van der Waals surface area contributed by atoms with Gasteiger partial charge < -0.3 is 4.90 Å². The zero-order valence-electron chi connectivity index (χ0n) is 11.6. The van der Waals surface area contributed by atoms with E-state index in [1.807, 2.05) is 27.1 Å². The van der Waals surface area contributed by atoms with E-state index < -0.39 is 5.54 Å². The highest BCUT2D eigenvalue weighted by Gasteiger charge is 2.49. The molecule has 1 aromatic rings. The molecule has 0 unspecified atom stereocenters. The van der Waals surface area contributed by atoms with Crippen LogP contribution in [0.1, 0.15) is 32.3 Å². The number of carbonyl (C=O) groups excluding carboxylic acids is 2. The predicted octanol–water partition coefficient (Wildman–Crippen LogP) is 1.07. The van der Waals surface area contributed by atoms with E-state index in [4.69, 9.17) is 0 Å². The van der Waals surface area contributed by atoms with Gasteiger partial charge in [0.25, 0.3) is 5.91 Å². The summed E-state index contributed by atoms with van der Waals surface area (Å²) in [6.07, 6.45) is 5.68. The van der Waals surface area contributed by atoms with E-state index >= 15 is 0 Å². The first kappa shape index (κ1) is 13.6. The van der Waals surface area contributed by atoms with Crippen molar-refractivity contribution < 1.29 is 9.59 Å². The zero-order chi connectivity index (χ0) is 14.0. The second kappa shape index (κ2) is 5.03. The number of hydrogen-bond donors (Lipinski definition) is 1. The summed E-state index contributed by atoms with van der Waals surface area (Å²) in [6, 6.07) is -0.280. The summed E-state index contributed by atoms with van der Waals surface area (Å²) in [5, 5.41) is 6.53. The fraction of sp³-hybridized carbons (Fsp3) is 0.615. The van der Waals surface area contributed by atoms with Crippen molar-refractivity contribution in [1.29, 1.82) is 0 Å².